The zero-order chi connectivity index (χ0) is 17.4. The largest absolute Gasteiger partial charge is 0.324 e. The average molecular weight is 330 g/mol. The average Bonchev–Trinajstić information content (AvgIpc) is 2.80. The zero-order valence-corrected chi connectivity index (χ0v) is 12.5. The van der Waals surface area contributed by atoms with E-state index >= 15 is 0 Å². The van der Waals surface area contributed by atoms with E-state index < -0.39 is 35.6 Å². The number of benzene rings is 1. The number of nitrogens with two attached hydrogens (primary N) is 1. The van der Waals surface area contributed by atoms with Gasteiger partial charge in [0, 0.05) is 6.42 Å². The van der Waals surface area contributed by atoms with Crippen LogP contribution in [0.15, 0.2) is 18.2 Å². The van der Waals surface area contributed by atoms with Crippen molar-refractivity contribution >= 4 is 35.2 Å². The highest BCUT2D eigenvalue weighted by Crippen LogP contribution is 2.32. The molecule has 1 atom stereocenters. The molecule has 3 rings (SSSR count). The van der Waals surface area contributed by atoms with Crippen molar-refractivity contribution in [2.75, 3.05) is 11.9 Å². The summed E-state index contributed by atoms with van der Waals surface area (Å²) < 4.78 is 0. The molecule has 1 fully saturated rings. The number of fused-ring (bicyclic) bond motifs is 1. The predicted octanol–water partition coefficient (Wildman–Crippen LogP) is -1.02. The van der Waals surface area contributed by atoms with Crippen LogP contribution in [0.2, 0.25) is 0 Å². The number of carbonyl (C=O) groups excluding carboxylic acids is 5. The second-order valence-corrected chi connectivity index (χ2v) is 5.43. The maximum Gasteiger partial charge on any atom is 0.264 e. The molecule has 2 aliphatic rings. The van der Waals surface area contributed by atoms with Gasteiger partial charge in [0.25, 0.3) is 11.8 Å². The van der Waals surface area contributed by atoms with Crippen LogP contribution >= 0.6 is 0 Å². The Morgan fingerprint density at radius 1 is 1.25 bits per heavy atom. The summed E-state index contributed by atoms with van der Waals surface area (Å²) in [6.07, 6.45) is 0.112. The van der Waals surface area contributed by atoms with Crippen molar-refractivity contribution in [2.45, 2.75) is 18.9 Å². The van der Waals surface area contributed by atoms with Gasteiger partial charge in [-0.15, -0.1) is 0 Å². The first-order chi connectivity index (χ1) is 11.4. The summed E-state index contributed by atoms with van der Waals surface area (Å²) in [5, 5.41) is 4.59. The van der Waals surface area contributed by atoms with Crippen LogP contribution in [0.1, 0.15) is 33.6 Å². The summed E-state index contributed by atoms with van der Waals surface area (Å²) in [7, 11) is 0. The van der Waals surface area contributed by atoms with Gasteiger partial charge in [-0.1, -0.05) is 6.07 Å². The number of amides is 5. The Labute approximate surface area is 136 Å². The Hall–Kier alpha value is -3.07. The van der Waals surface area contributed by atoms with Crippen LogP contribution < -0.4 is 16.4 Å². The quantitative estimate of drug-likeness (QED) is 0.607. The van der Waals surface area contributed by atoms with Crippen molar-refractivity contribution in [3.8, 4) is 0 Å². The van der Waals surface area contributed by atoms with Crippen LogP contribution in [-0.4, -0.2) is 47.0 Å². The van der Waals surface area contributed by atoms with Crippen LogP contribution in [0, 0.1) is 0 Å². The molecule has 0 spiro atoms. The molecule has 0 aromatic heterocycles. The normalized spacial score (nSPS) is 20.0. The highest BCUT2D eigenvalue weighted by atomic mass is 16.2. The summed E-state index contributed by atoms with van der Waals surface area (Å²) in [5.74, 6) is -2.95. The number of hydrogen-bond acceptors (Lipinski definition) is 6. The van der Waals surface area contributed by atoms with E-state index in [-0.39, 0.29) is 36.2 Å². The molecule has 1 saturated heterocycles. The van der Waals surface area contributed by atoms with Crippen LogP contribution in [0.25, 0.3) is 0 Å². The van der Waals surface area contributed by atoms with Crippen LogP contribution in [-0.2, 0) is 14.4 Å². The standard InChI is InChI=1S/C15H14N4O5/c16-6-11(21)17-8-3-1-2-7-12(8)15(24)19(14(7)23)9-4-5-10(20)18-13(9)22/h1-3,9H,4-6,16H2,(H,17,21)(H,18,20,22). The topological polar surface area (TPSA) is 139 Å². The van der Waals surface area contributed by atoms with Crippen molar-refractivity contribution in [3.63, 3.8) is 0 Å². The van der Waals surface area contributed by atoms with Crippen LogP contribution in [0.5, 0.6) is 0 Å². The molecule has 0 bridgehead atoms. The van der Waals surface area contributed by atoms with Gasteiger partial charge in [-0.25, -0.2) is 0 Å². The summed E-state index contributed by atoms with van der Waals surface area (Å²) in [6, 6.07) is 3.39. The van der Waals surface area contributed by atoms with E-state index in [0.717, 1.165) is 4.90 Å². The van der Waals surface area contributed by atoms with E-state index in [2.05, 4.69) is 10.6 Å². The Balaban J connectivity index is 1.97. The third-order valence-corrected chi connectivity index (χ3v) is 3.93. The smallest absolute Gasteiger partial charge is 0.264 e. The Morgan fingerprint density at radius 2 is 2.00 bits per heavy atom. The molecular formula is C15H14N4O5. The molecule has 5 amide bonds. The minimum absolute atomic E-state index is 0.0222. The number of nitrogens with zero attached hydrogens (tertiary/aromatic N) is 1. The molecule has 2 aliphatic heterocycles. The number of imide groups is 2. The van der Waals surface area contributed by atoms with Gasteiger partial charge in [-0.05, 0) is 18.6 Å². The Bertz CT molecular complexity index is 788. The SMILES string of the molecule is NCC(=O)Nc1cccc2c1C(=O)N(C1CCC(=O)NC1=O)C2=O. The van der Waals surface area contributed by atoms with Gasteiger partial charge in [-0.2, -0.15) is 0 Å². The first kappa shape index (κ1) is 15.8. The molecule has 24 heavy (non-hydrogen) atoms. The summed E-state index contributed by atoms with van der Waals surface area (Å²) in [4.78, 5) is 60.8. The van der Waals surface area contributed by atoms with E-state index in [9.17, 15) is 24.0 Å². The fourth-order valence-corrected chi connectivity index (χ4v) is 2.82. The maximum atomic E-state index is 12.7. The van der Waals surface area contributed by atoms with Gasteiger partial charge in [0.2, 0.25) is 17.7 Å². The molecule has 1 aromatic rings. The van der Waals surface area contributed by atoms with Crippen molar-refractivity contribution in [1.82, 2.24) is 10.2 Å². The van der Waals surface area contributed by atoms with Gasteiger partial charge < -0.3 is 11.1 Å². The second-order valence-electron chi connectivity index (χ2n) is 5.43. The molecule has 0 saturated carbocycles. The monoisotopic (exact) mass is 330 g/mol. The molecule has 0 radical (unpaired) electrons. The lowest BCUT2D eigenvalue weighted by atomic mass is 10.0. The predicted molar refractivity (Wildman–Crippen MR) is 80.8 cm³/mol. The fraction of sp³-hybridized carbons (Fsp3) is 0.267. The molecule has 124 valence electrons. The van der Waals surface area contributed by atoms with Crippen molar-refractivity contribution in [3.05, 3.63) is 29.3 Å². The third kappa shape index (κ3) is 2.44. The molecule has 2 heterocycles. The number of piperidine rings is 1. The van der Waals surface area contributed by atoms with Gasteiger partial charge in [0.05, 0.1) is 23.4 Å². The van der Waals surface area contributed by atoms with Gasteiger partial charge in [0.1, 0.15) is 6.04 Å². The molecule has 9 nitrogen and oxygen atoms in total. The number of hydrogen-bond donors (Lipinski definition) is 3. The first-order valence-electron chi connectivity index (χ1n) is 7.28. The van der Waals surface area contributed by atoms with E-state index in [4.69, 9.17) is 5.73 Å². The number of carbonyl (C=O) groups is 5. The van der Waals surface area contributed by atoms with E-state index in [1.165, 1.54) is 18.2 Å². The lowest BCUT2D eigenvalue weighted by Crippen LogP contribution is -2.54. The van der Waals surface area contributed by atoms with Crippen LogP contribution in [0.3, 0.4) is 0 Å². The minimum atomic E-state index is -1.05. The van der Waals surface area contributed by atoms with Gasteiger partial charge >= 0.3 is 0 Å². The fourth-order valence-electron chi connectivity index (χ4n) is 2.82. The van der Waals surface area contributed by atoms with E-state index in [0.29, 0.717) is 0 Å². The second kappa shape index (κ2) is 5.85. The molecule has 1 aromatic carbocycles. The molecule has 9 heteroatoms. The summed E-state index contributed by atoms with van der Waals surface area (Å²) in [5.41, 5.74) is 5.53. The van der Waals surface area contributed by atoms with Crippen molar-refractivity contribution in [2.24, 2.45) is 5.73 Å². The van der Waals surface area contributed by atoms with Crippen molar-refractivity contribution < 1.29 is 24.0 Å². The Kier molecular flexibility index (Phi) is 3.86. The lowest BCUT2D eigenvalue weighted by molar-refractivity contribution is -0.136. The molecule has 4 N–H and O–H groups in total. The molecular weight excluding hydrogens is 316 g/mol. The summed E-state index contributed by atoms with van der Waals surface area (Å²) in [6.45, 7) is -0.275. The molecule has 1 unspecified atom stereocenters. The minimum Gasteiger partial charge on any atom is -0.324 e. The van der Waals surface area contributed by atoms with Gasteiger partial charge in [0.15, 0.2) is 0 Å². The number of rotatable bonds is 3. The van der Waals surface area contributed by atoms with E-state index in [1.54, 1.807) is 0 Å². The molecule has 0 aliphatic carbocycles. The zero-order valence-electron chi connectivity index (χ0n) is 12.5. The van der Waals surface area contributed by atoms with Gasteiger partial charge in [-0.3, -0.25) is 34.2 Å². The maximum absolute atomic E-state index is 12.7. The highest BCUT2D eigenvalue weighted by molar-refractivity contribution is 6.26. The first-order valence-corrected chi connectivity index (χ1v) is 7.28. The van der Waals surface area contributed by atoms with Crippen molar-refractivity contribution in [1.29, 1.82) is 0 Å². The Morgan fingerprint density at radius 3 is 2.67 bits per heavy atom. The lowest BCUT2D eigenvalue weighted by Gasteiger charge is -2.27. The number of nitrogens with one attached hydrogen (secondary N) is 2. The number of anilines is 1. The van der Waals surface area contributed by atoms with Crippen LogP contribution in [0.4, 0.5) is 5.69 Å². The highest BCUT2D eigenvalue weighted by Gasteiger charge is 2.45. The third-order valence-electron chi connectivity index (χ3n) is 3.93. The van der Waals surface area contributed by atoms with E-state index in [1.807, 2.05) is 0 Å². The summed E-state index contributed by atoms with van der Waals surface area (Å²) >= 11 is 0.